The molecule has 2 heterocycles. The van der Waals surface area contributed by atoms with Gasteiger partial charge in [-0.1, -0.05) is 12.7 Å². The number of hydrogen-bond acceptors (Lipinski definition) is 4. The number of nitrogens with zero attached hydrogens (tertiary/aromatic N) is 3. The van der Waals surface area contributed by atoms with Crippen LogP contribution in [0.25, 0.3) is 0 Å². The van der Waals surface area contributed by atoms with Crippen LogP contribution in [0.2, 0.25) is 0 Å². The molecule has 136 valence electrons. The number of hydrogen-bond donors (Lipinski definition) is 1. The smallest absolute Gasteiger partial charge is 0.338 e. The summed E-state index contributed by atoms with van der Waals surface area (Å²) in [7, 11) is 0. The summed E-state index contributed by atoms with van der Waals surface area (Å²) in [6.45, 7) is 5.25. The first-order valence-corrected chi connectivity index (χ1v) is 8.49. The van der Waals surface area contributed by atoms with Gasteiger partial charge in [0.05, 0.1) is 17.8 Å². The van der Waals surface area contributed by atoms with Crippen LogP contribution >= 0.6 is 0 Å². The lowest BCUT2D eigenvalue weighted by Gasteiger charge is -2.32. The van der Waals surface area contributed by atoms with E-state index < -0.39 is 5.97 Å². The van der Waals surface area contributed by atoms with E-state index in [4.69, 9.17) is 9.84 Å². The van der Waals surface area contributed by atoms with E-state index in [0.29, 0.717) is 31.0 Å². The predicted molar refractivity (Wildman–Crippen MR) is 95.5 cm³/mol. The van der Waals surface area contributed by atoms with Crippen molar-refractivity contribution in [1.29, 1.82) is 0 Å². The van der Waals surface area contributed by atoms with Crippen molar-refractivity contribution >= 4 is 11.9 Å². The highest BCUT2D eigenvalue weighted by atomic mass is 16.5. The number of piperidine rings is 1. The van der Waals surface area contributed by atoms with Crippen molar-refractivity contribution in [2.75, 3.05) is 19.7 Å². The SMILES string of the molecule is C=CCOc1ccc(C(=O)N2CCC(n3cc(C(=O)O)cn3)CC2)cc1. The maximum Gasteiger partial charge on any atom is 0.338 e. The molecule has 0 saturated carbocycles. The monoisotopic (exact) mass is 355 g/mol. The third-order valence-corrected chi connectivity index (χ3v) is 4.44. The molecule has 0 unspecified atom stereocenters. The van der Waals surface area contributed by atoms with Gasteiger partial charge in [-0.3, -0.25) is 9.48 Å². The Balaban J connectivity index is 1.57. The van der Waals surface area contributed by atoms with E-state index in [9.17, 15) is 9.59 Å². The highest BCUT2D eigenvalue weighted by molar-refractivity contribution is 5.94. The summed E-state index contributed by atoms with van der Waals surface area (Å²) in [5, 5.41) is 13.1. The minimum absolute atomic E-state index is 0.00888. The minimum Gasteiger partial charge on any atom is -0.490 e. The number of benzene rings is 1. The number of amides is 1. The van der Waals surface area contributed by atoms with Gasteiger partial charge in [0.1, 0.15) is 12.4 Å². The molecule has 26 heavy (non-hydrogen) atoms. The first-order valence-electron chi connectivity index (χ1n) is 8.49. The minimum atomic E-state index is -0.982. The molecular weight excluding hydrogens is 334 g/mol. The van der Waals surface area contributed by atoms with Gasteiger partial charge >= 0.3 is 5.97 Å². The van der Waals surface area contributed by atoms with Crippen LogP contribution in [0.15, 0.2) is 49.3 Å². The van der Waals surface area contributed by atoms with Crippen LogP contribution in [-0.2, 0) is 0 Å². The van der Waals surface area contributed by atoms with Crippen LogP contribution in [0.4, 0.5) is 0 Å². The molecule has 0 spiro atoms. The largest absolute Gasteiger partial charge is 0.490 e. The molecule has 1 fully saturated rings. The van der Waals surface area contributed by atoms with E-state index in [1.165, 1.54) is 6.20 Å². The number of carbonyl (C=O) groups is 2. The molecule has 1 aromatic heterocycles. The molecule has 7 heteroatoms. The summed E-state index contributed by atoms with van der Waals surface area (Å²) in [6.07, 6.45) is 6.06. The summed E-state index contributed by atoms with van der Waals surface area (Å²) in [6, 6.07) is 7.20. The van der Waals surface area contributed by atoms with Crippen LogP contribution in [0, 0.1) is 0 Å². The topological polar surface area (TPSA) is 84.7 Å². The molecule has 0 radical (unpaired) electrons. The molecule has 1 aliphatic heterocycles. The highest BCUT2D eigenvalue weighted by Crippen LogP contribution is 2.24. The average molecular weight is 355 g/mol. The van der Waals surface area contributed by atoms with E-state index in [1.807, 2.05) is 4.90 Å². The molecule has 0 bridgehead atoms. The zero-order valence-corrected chi connectivity index (χ0v) is 14.4. The Kier molecular flexibility index (Phi) is 5.36. The summed E-state index contributed by atoms with van der Waals surface area (Å²) >= 11 is 0. The Bertz CT molecular complexity index is 789. The van der Waals surface area contributed by atoms with Crippen molar-refractivity contribution in [1.82, 2.24) is 14.7 Å². The van der Waals surface area contributed by atoms with Crippen LogP contribution in [-0.4, -0.2) is 51.4 Å². The first-order chi connectivity index (χ1) is 12.6. The lowest BCUT2D eigenvalue weighted by Crippen LogP contribution is -2.39. The van der Waals surface area contributed by atoms with Gasteiger partial charge in [0.15, 0.2) is 0 Å². The molecule has 1 N–H and O–H groups in total. The first kappa shape index (κ1) is 17.7. The Morgan fingerprint density at radius 2 is 1.92 bits per heavy atom. The van der Waals surface area contributed by atoms with Gasteiger partial charge in [0, 0.05) is 24.8 Å². The standard InChI is InChI=1S/C19H21N3O4/c1-2-11-26-17-5-3-14(4-6-17)18(23)21-9-7-16(8-10-21)22-13-15(12-20-22)19(24)25/h2-6,12-13,16H,1,7-11H2,(H,24,25). The van der Waals surface area contributed by atoms with Crippen LogP contribution in [0.3, 0.4) is 0 Å². The lowest BCUT2D eigenvalue weighted by molar-refractivity contribution is 0.0688. The van der Waals surface area contributed by atoms with Gasteiger partial charge in [-0.2, -0.15) is 5.10 Å². The van der Waals surface area contributed by atoms with E-state index >= 15 is 0 Å². The Labute approximate surface area is 151 Å². The van der Waals surface area contributed by atoms with Crippen LogP contribution in [0.5, 0.6) is 5.75 Å². The van der Waals surface area contributed by atoms with Crippen molar-refractivity contribution in [3.05, 3.63) is 60.4 Å². The molecule has 0 atom stereocenters. The number of likely N-dealkylation sites (tertiary alicyclic amines) is 1. The number of aromatic nitrogens is 2. The van der Waals surface area contributed by atoms with Gasteiger partial charge < -0.3 is 14.7 Å². The number of rotatable bonds is 6. The van der Waals surface area contributed by atoms with Gasteiger partial charge in [0.25, 0.3) is 5.91 Å². The second-order valence-electron chi connectivity index (χ2n) is 6.16. The van der Waals surface area contributed by atoms with Gasteiger partial charge in [-0.05, 0) is 37.1 Å². The van der Waals surface area contributed by atoms with Gasteiger partial charge in [-0.25, -0.2) is 4.79 Å². The molecule has 2 aromatic rings. The third-order valence-electron chi connectivity index (χ3n) is 4.44. The quantitative estimate of drug-likeness (QED) is 0.805. The number of carbonyl (C=O) groups excluding carboxylic acids is 1. The fraction of sp³-hybridized carbons (Fsp3) is 0.316. The molecule has 1 aromatic carbocycles. The van der Waals surface area contributed by atoms with E-state index in [2.05, 4.69) is 11.7 Å². The third kappa shape index (κ3) is 3.93. The Morgan fingerprint density at radius 3 is 2.50 bits per heavy atom. The summed E-state index contributed by atoms with van der Waals surface area (Å²) in [4.78, 5) is 25.4. The highest BCUT2D eigenvalue weighted by Gasteiger charge is 2.25. The zero-order chi connectivity index (χ0) is 18.5. The van der Waals surface area contributed by atoms with E-state index in [-0.39, 0.29) is 17.5 Å². The number of carboxylic acids is 1. The number of ether oxygens (including phenoxy) is 1. The van der Waals surface area contributed by atoms with E-state index in [0.717, 1.165) is 12.8 Å². The van der Waals surface area contributed by atoms with Gasteiger partial charge in [-0.15, -0.1) is 0 Å². The molecule has 1 amide bonds. The second kappa shape index (κ2) is 7.86. The summed E-state index contributed by atoms with van der Waals surface area (Å²) < 4.78 is 7.11. The second-order valence-corrected chi connectivity index (χ2v) is 6.16. The lowest BCUT2D eigenvalue weighted by atomic mass is 10.0. The summed E-state index contributed by atoms with van der Waals surface area (Å²) in [5.41, 5.74) is 0.809. The molecule has 3 rings (SSSR count). The maximum atomic E-state index is 12.6. The Hall–Kier alpha value is -3.09. The summed E-state index contributed by atoms with van der Waals surface area (Å²) in [5.74, 6) is -0.289. The maximum absolute atomic E-state index is 12.6. The fourth-order valence-corrected chi connectivity index (χ4v) is 3.01. The fourth-order valence-electron chi connectivity index (χ4n) is 3.01. The van der Waals surface area contributed by atoms with Crippen molar-refractivity contribution in [2.24, 2.45) is 0 Å². The molecule has 1 aliphatic rings. The van der Waals surface area contributed by atoms with E-state index in [1.54, 1.807) is 41.2 Å². The van der Waals surface area contributed by atoms with Crippen molar-refractivity contribution in [3.63, 3.8) is 0 Å². The van der Waals surface area contributed by atoms with Crippen molar-refractivity contribution in [2.45, 2.75) is 18.9 Å². The molecule has 7 nitrogen and oxygen atoms in total. The normalized spacial score (nSPS) is 14.8. The predicted octanol–water partition coefficient (Wildman–Crippen LogP) is 2.62. The molecular formula is C19H21N3O4. The van der Waals surface area contributed by atoms with Crippen molar-refractivity contribution < 1.29 is 19.4 Å². The number of carboxylic acid groups (broad SMARTS) is 1. The molecule has 1 saturated heterocycles. The Morgan fingerprint density at radius 1 is 1.23 bits per heavy atom. The van der Waals surface area contributed by atoms with Crippen molar-refractivity contribution in [3.8, 4) is 5.75 Å². The van der Waals surface area contributed by atoms with Crippen LogP contribution in [0.1, 0.15) is 39.6 Å². The number of aromatic carboxylic acids is 1. The van der Waals surface area contributed by atoms with Gasteiger partial charge in [0.2, 0.25) is 0 Å². The zero-order valence-electron chi connectivity index (χ0n) is 14.4. The molecule has 0 aliphatic carbocycles. The van der Waals surface area contributed by atoms with Crippen LogP contribution < -0.4 is 4.74 Å². The average Bonchev–Trinajstić information content (AvgIpc) is 3.17.